The number of hydrogen-bond donors (Lipinski definition) is 0. The van der Waals surface area contributed by atoms with Gasteiger partial charge in [-0.3, -0.25) is 9.78 Å². The third kappa shape index (κ3) is 3.17. The average molecular weight is 342 g/mol. The number of rotatable bonds is 4. The molecule has 0 unspecified atom stereocenters. The second-order valence-corrected chi connectivity index (χ2v) is 5.67. The highest BCUT2D eigenvalue weighted by Gasteiger charge is 2.29. The van der Waals surface area contributed by atoms with Crippen molar-refractivity contribution in [2.45, 2.75) is 20.3 Å². The number of para-hydroxylation sites is 1. The smallest absolute Gasteiger partial charge is 0.416 e. The van der Waals surface area contributed by atoms with Gasteiger partial charge in [0.1, 0.15) is 6.61 Å². The predicted octanol–water partition coefficient (Wildman–Crippen LogP) is 2.24. The van der Waals surface area contributed by atoms with Crippen LogP contribution in [0.2, 0.25) is 0 Å². The van der Waals surface area contributed by atoms with Gasteiger partial charge in [-0.05, 0) is 25.0 Å². The highest BCUT2D eigenvalue weighted by molar-refractivity contribution is 6.05. The number of hydrogen-bond acceptors (Lipinski definition) is 6. The Kier molecular flexibility index (Phi) is 4.65. The molecular formula is C18H18N2O5. The van der Waals surface area contributed by atoms with Crippen molar-refractivity contribution in [3.63, 3.8) is 0 Å². The topological polar surface area (TPSA) is 85.8 Å². The number of nitrogens with zero attached hydrogens (tertiary/aromatic N) is 2. The number of aryl methyl sites for hydroxylation is 1. The van der Waals surface area contributed by atoms with E-state index in [1.807, 2.05) is 32.0 Å². The van der Waals surface area contributed by atoms with Crippen LogP contribution in [0.25, 0.3) is 10.9 Å². The van der Waals surface area contributed by atoms with Crippen LogP contribution >= 0.6 is 0 Å². The molecule has 7 nitrogen and oxygen atoms in total. The molecule has 0 atom stereocenters. The van der Waals surface area contributed by atoms with Crippen LogP contribution in [0, 0.1) is 6.92 Å². The Bertz CT molecular complexity index is 862. The largest absolute Gasteiger partial charge is 0.452 e. The molecule has 130 valence electrons. The van der Waals surface area contributed by atoms with Gasteiger partial charge in [0.05, 0.1) is 17.6 Å². The monoisotopic (exact) mass is 342 g/mol. The first-order chi connectivity index (χ1) is 12.0. The van der Waals surface area contributed by atoms with Gasteiger partial charge in [-0.25, -0.2) is 14.5 Å². The zero-order chi connectivity index (χ0) is 18.0. The van der Waals surface area contributed by atoms with E-state index in [2.05, 4.69) is 4.98 Å². The van der Waals surface area contributed by atoms with E-state index in [9.17, 15) is 14.4 Å². The first-order valence-corrected chi connectivity index (χ1v) is 8.05. The number of imide groups is 1. The maximum atomic E-state index is 12.6. The van der Waals surface area contributed by atoms with E-state index in [-0.39, 0.29) is 13.2 Å². The van der Waals surface area contributed by atoms with Gasteiger partial charge in [-0.2, -0.15) is 0 Å². The van der Waals surface area contributed by atoms with Crippen LogP contribution in [0.5, 0.6) is 0 Å². The fraction of sp³-hybridized carbons (Fsp3) is 0.333. The second kappa shape index (κ2) is 6.88. The number of pyridine rings is 1. The molecule has 25 heavy (non-hydrogen) atoms. The molecule has 0 aliphatic carbocycles. The third-order valence-electron chi connectivity index (χ3n) is 4.16. The Labute approximate surface area is 144 Å². The fourth-order valence-corrected chi connectivity index (χ4v) is 2.86. The highest BCUT2D eigenvalue weighted by Crippen LogP contribution is 2.24. The Hall–Kier alpha value is -2.96. The van der Waals surface area contributed by atoms with Crippen molar-refractivity contribution < 1.29 is 23.9 Å². The number of cyclic esters (lactones) is 1. The molecule has 0 N–H and O–H groups in total. The molecule has 1 saturated heterocycles. The molecular weight excluding hydrogens is 324 g/mol. The van der Waals surface area contributed by atoms with Crippen LogP contribution < -0.4 is 0 Å². The van der Waals surface area contributed by atoms with E-state index < -0.39 is 24.6 Å². The molecule has 1 aromatic carbocycles. The van der Waals surface area contributed by atoms with Gasteiger partial charge in [0, 0.05) is 11.1 Å². The summed E-state index contributed by atoms with van der Waals surface area (Å²) in [6.45, 7) is 3.60. The molecule has 0 spiro atoms. The lowest BCUT2D eigenvalue weighted by Crippen LogP contribution is -2.35. The van der Waals surface area contributed by atoms with E-state index in [1.54, 1.807) is 6.07 Å². The summed E-state index contributed by atoms with van der Waals surface area (Å²) < 4.78 is 9.88. The van der Waals surface area contributed by atoms with Crippen LogP contribution in [-0.2, 0) is 20.7 Å². The predicted molar refractivity (Wildman–Crippen MR) is 89.2 cm³/mol. The number of carbonyl (C=O) groups excluding carboxylic acids is 3. The zero-order valence-corrected chi connectivity index (χ0v) is 14.1. The minimum absolute atomic E-state index is 0.159. The van der Waals surface area contributed by atoms with E-state index in [4.69, 9.17) is 9.47 Å². The minimum atomic E-state index is -0.708. The molecule has 1 fully saturated rings. The number of ether oxygens (including phenoxy) is 2. The summed E-state index contributed by atoms with van der Waals surface area (Å²) in [7, 11) is 0. The second-order valence-electron chi connectivity index (χ2n) is 5.67. The summed E-state index contributed by atoms with van der Waals surface area (Å²) in [4.78, 5) is 41.5. The molecule has 3 rings (SSSR count). The van der Waals surface area contributed by atoms with Crippen LogP contribution in [0.4, 0.5) is 4.79 Å². The van der Waals surface area contributed by atoms with Crippen molar-refractivity contribution in [3.05, 3.63) is 41.1 Å². The van der Waals surface area contributed by atoms with Crippen molar-refractivity contribution in [1.82, 2.24) is 9.88 Å². The fourth-order valence-electron chi connectivity index (χ4n) is 2.86. The quantitative estimate of drug-likeness (QED) is 0.792. The van der Waals surface area contributed by atoms with Gasteiger partial charge in [0.25, 0.3) is 5.91 Å². The van der Waals surface area contributed by atoms with Gasteiger partial charge in [-0.15, -0.1) is 0 Å². The van der Waals surface area contributed by atoms with Gasteiger partial charge >= 0.3 is 12.1 Å². The summed E-state index contributed by atoms with van der Waals surface area (Å²) >= 11 is 0. The Morgan fingerprint density at radius 1 is 1.32 bits per heavy atom. The SMILES string of the molecule is CCc1nc2ccccc2c(C(=O)OCC(=O)N2CCOC2=O)c1C. The van der Waals surface area contributed by atoms with Crippen LogP contribution in [-0.4, -0.2) is 47.6 Å². The molecule has 0 bridgehead atoms. The zero-order valence-electron chi connectivity index (χ0n) is 14.1. The third-order valence-corrected chi connectivity index (χ3v) is 4.16. The summed E-state index contributed by atoms with van der Waals surface area (Å²) in [6.07, 6.45) is -0.0324. The van der Waals surface area contributed by atoms with Crippen LogP contribution in [0.1, 0.15) is 28.5 Å². The van der Waals surface area contributed by atoms with Crippen LogP contribution in [0.3, 0.4) is 0 Å². The number of esters is 1. The normalized spacial score (nSPS) is 13.8. The van der Waals surface area contributed by atoms with Gasteiger partial charge in [-0.1, -0.05) is 25.1 Å². The molecule has 0 saturated carbocycles. The summed E-state index contributed by atoms with van der Waals surface area (Å²) in [5, 5.41) is 0.676. The lowest BCUT2D eigenvalue weighted by Gasteiger charge is -2.14. The van der Waals surface area contributed by atoms with Gasteiger partial charge in [0.2, 0.25) is 0 Å². The van der Waals surface area contributed by atoms with Crippen molar-refractivity contribution in [1.29, 1.82) is 0 Å². The van der Waals surface area contributed by atoms with Crippen molar-refractivity contribution in [2.24, 2.45) is 0 Å². The van der Waals surface area contributed by atoms with Crippen LogP contribution in [0.15, 0.2) is 24.3 Å². The van der Waals surface area contributed by atoms with Crippen molar-refractivity contribution >= 4 is 28.9 Å². The van der Waals surface area contributed by atoms with Crippen molar-refractivity contribution in [2.75, 3.05) is 19.8 Å². The first-order valence-electron chi connectivity index (χ1n) is 8.05. The maximum Gasteiger partial charge on any atom is 0.416 e. The molecule has 1 aromatic heterocycles. The lowest BCUT2D eigenvalue weighted by molar-refractivity contribution is -0.131. The average Bonchev–Trinajstić information content (AvgIpc) is 3.05. The van der Waals surface area contributed by atoms with E-state index in [0.717, 1.165) is 16.2 Å². The standard InChI is InChI=1S/C18H18N2O5/c1-3-13-11(2)16(12-6-4-5-7-14(12)19-13)17(22)25-10-15(21)20-8-9-24-18(20)23/h4-7H,3,8-10H2,1-2H3. The Morgan fingerprint density at radius 3 is 2.76 bits per heavy atom. The minimum Gasteiger partial charge on any atom is -0.452 e. The van der Waals surface area contributed by atoms with E-state index in [1.165, 1.54) is 0 Å². The number of carbonyl (C=O) groups is 3. The molecule has 0 radical (unpaired) electrons. The summed E-state index contributed by atoms with van der Waals surface area (Å²) in [6, 6.07) is 7.29. The number of amides is 2. The Balaban J connectivity index is 1.85. The number of fused-ring (bicyclic) bond motifs is 1. The Morgan fingerprint density at radius 2 is 2.08 bits per heavy atom. The molecule has 1 aliphatic heterocycles. The van der Waals surface area contributed by atoms with Gasteiger partial charge in [0.15, 0.2) is 6.61 Å². The molecule has 2 amide bonds. The van der Waals surface area contributed by atoms with E-state index in [0.29, 0.717) is 22.9 Å². The lowest BCUT2D eigenvalue weighted by atomic mass is 10.0. The highest BCUT2D eigenvalue weighted by atomic mass is 16.6. The van der Waals surface area contributed by atoms with Crippen molar-refractivity contribution in [3.8, 4) is 0 Å². The molecule has 1 aliphatic rings. The number of aromatic nitrogens is 1. The molecule has 2 aromatic rings. The summed E-state index contributed by atoms with van der Waals surface area (Å²) in [5.41, 5.74) is 2.64. The molecule has 2 heterocycles. The number of benzene rings is 1. The maximum absolute atomic E-state index is 12.6. The molecule has 7 heteroatoms. The first kappa shape index (κ1) is 16.9. The van der Waals surface area contributed by atoms with E-state index >= 15 is 0 Å². The van der Waals surface area contributed by atoms with Gasteiger partial charge < -0.3 is 9.47 Å². The summed E-state index contributed by atoms with van der Waals surface area (Å²) in [5.74, 6) is -1.20.